The maximum Gasteiger partial charge on any atom is 0.0364 e. The normalized spacial score (nSPS) is 22.9. The Balaban J connectivity index is 2.13. The molecule has 2 unspecified atom stereocenters. The molecule has 0 saturated heterocycles. The second kappa shape index (κ2) is 4.35. The van der Waals surface area contributed by atoms with E-state index < -0.39 is 0 Å². The summed E-state index contributed by atoms with van der Waals surface area (Å²) in [6.07, 6.45) is 4.75. The van der Waals surface area contributed by atoms with Crippen LogP contribution < -0.4 is 0 Å². The number of alkyl halides is 1. The van der Waals surface area contributed by atoms with E-state index in [2.05, 4.69) is 31.2 Å². The third kappa shape index (κ3) is 1.95. The molecule has 76 valence electrons. The highest BCUT2D eigenvalue weighted by atomic mass is 35.5. The second-order valence-corrected chi connectivity index (χ2v) is 4.76. The zero-order valence-electron chi connectivity index (χ0n) is 8.67. The van der Waals surface area contributed by atoms with Crippen molar-refractivity contribution in [3.05, 3.63) is 35.4 Å². The third-order valence-electron chi connectivity index (χ3n) is 3.29. The monoisotopic (exact) mass is 208 g/mol. The van der Waals surface area contributed by atoms with Crippen LogP contribution in [0.2, 0.25) is 0 Å². The van der Waals surface area contributed by atoms with E-state index in [0.29, 0.717) is 11.3 Å². The molecule has 0 aliphatic heterocycles. The van der Waals surface area contributed by atoms with Crippen LogP contribution in [0.5, 0.6) is 0 Å². The van der Waals surface area contributed by atoms with Gasteiger partial charge >= 0.3 is 0 Å². The van der Waals surface area contributed by atoms with Crippen molar-refractivity contribution in [3.8, 4) is 0 Å². The summed E-state index contributed by atoms with van der Waals surface area (Å²) in [5.41, 5.74) is 3.05. The molecule has 1 aromatic rings. The molecule has 0 N–H and O–H groups in total. The van der Waals surface area contributed by atoms with Gasteiger partial charge in [0.05, 0.1) is 0 Å². The number of rotatable bonds is 2. The van der Waals surface area contributed by atoms with E-state index in [1.807, 2.05) is 0 Å². The number of hydrogen-bond donors (Lipinski definition) is 0. The average molecular weight is 209 g/mol. The van der Waals surface area contributed by atoms with Gasteiger partial charge in [0, 0.05) is 5.38 Å². The SMILES string of the molecule is CCC(Cl)C1CCc2ccccc2C1. The topological polar surface area (TPSA) is 0 Å². The largest absolute Gasteiger partial charge is 0.123 e. The first-order valence-electron chi connectivity index (χ1n) is 5.52. The minimum absolute atomic E-state index is 0.364. The Hall–Kier alpha value is -0.490. The zero-order valence-corrected chi connectivity index (χ0v) is 9.43. The molecule has 14 heavy (non-hydrogen) atoms. The molecule has 0 aromatic heterocycles. The van der Waals surface area contributed by atoms with Crippen molar-refractivity contribution in [2.45, 2.75) is 38.0 Å². The molecule has 0 heterocycles. The molecular formula is C13H17Cl. The van der Waals surface area contributed by atoms with E-state index in [4.69, 9.17) is 11.6 Å². The Morgan fingerprint density at radius 3 is 2.79 bits per heavy atom. The first-order chi connectivity index (χ1) is 6.81. The molecule has 0 nitrogen and oxygen atoms in total. The van der Waals surface area contributed by atoms with Crippen LogP contribution in [0.3, 0.4) is 0 Å². The number of benzene rings is 1. The van der Waals surface area contributed by atoms with Gasteiger partial charge in [-0.05, 0) is 42.7 Å². The summed E-state index contributed by atoms with van der Waals surface area (Å²) in [4.78, 5) is 0. The van der Waals surface area contributed by atoms with Crippen molar-refractivity contribution < 1.29 is 0 Å². The summed E-state index contributed by atoms with van der Waals surface area (Å²) in [6, 6.07) is 8.77. The quantitative estimate of drug-likeness (QED) is 0.649. The molecule has 0 saturated carbocycles. The Morgan fingerprint density at radius 1 is 1.36 bits per heavy atom. The number of hydrogen-bond acceptors (Lipinski definition) is 0. The smallest absolute Gasteiger partial charge is 0.0364 e. The summed E-state index contributed by atoms with van der Waals surface area (Å²) in [6.45, 7) is 2.18. The number of fused-ring (bicyclic) bond motifs is 1. The van der Waals surface area contributed by atoms with Gasteiger partial charge in [0.15, 0.2) is 0 Å². The lowest BCUT2D eigenvalue weighted by molar-refractivity contribution is 0.429. The van der Waals surface area contributed by atoms with Crippen LogP contribution in [-0.2, 0) is 12.8 Å². The van der Waals surface area contributed by atoms with Crippen LogP contribution in [-0.4, -0.2) is 5.38 Å². The molecule has 0 amide bonds. The van der Waals surface area contributed by atoms with Gasteiger partial charge in [-0.1, -0.05) is 31.2 Å². The second-order valence-electron chi connectivity index (χ2n) is 4.20. The van der Waals surface area contributed by atoms with E-state index in [1.165, 1.54) is 30.4 Å². The Labute approximate surface area is 91.3 Å². The summed E-state index contributed by atoms with van der Waals surface area (Å²) < 4.78 is 0. The molecule has 2 atom stereocenters. The zero-order chi connectivity index (χ0) is 9.97. The van der Waals surface area contributed by atoms with E-state index in [0.717, 1.165) is 6.42 Å². The minimum atomic E-state index is 0.364. The van der Waals surface area contributed by atoms with Gasteiger partial charge in [0.2, 0.25) is 0 Å². The summed E-state index contributed by atoms with van der Waals surface area (Å²) >= 11 is 6.31. The van der Waals surface area contributed by atoms with Gasteiger partial charge in [-0.15, -0.1) is 11.6 Å². The predicted molar refractivity (Wildman–Crippen MR) is 61.9 cm³/mol. The molecule has 1 aromatic carbocycles. The molecule has 1 heteroatoms. The van der Waals surface area contributed by atoms with Crippen LogP contribution in [0.15, 0.2) is 24.3 Å². The lowest BCUT2D eigenvalue weighted by Gasteiger charge is -2.27. The molecule has 2 rings (SSSR count). The van der Waals surface area contributed by atoms with E-state index in [1.54, 1.807) is 0 Å². The van der Waals surface area contributed by atoms with Gasteiger partial charge in [-0.2, -0.15) is 0 Å². The highest BCUT2D eigenvalue weighted by molar-refractivity contribution is 6.20. The van der Waals surface area contributed by atoms with Gasteiger partial charge < -0.3 is 0 Å². The third-order valence-corrected chi connectivity index (χ3v) is 3.95. The maximum atomic E-state index is 6.31. The first-order valence-corrected chi connectivity index (χ1v) is 5.95. The van der Waals surface area contributed by atoms with Gasteiger partial charge in [0.1, 0.15) is 0 Å². The van der Waals surface area contributed by atoms with Gasteiger partial charge in [-0.25, -0.2) is 0 Å². The first kappa shape index (κ1) is 10.0. The van der Waals surface area contributed by atoms with Crippen molar-refractivity contribution in [2.75, 3.05) is 0 Å². The minimum Gasteiger partial charge on any atom is -0.123 e. The summed E-state index contributed by atoms with van der Waals surface area (Å²) in [5, 5.41) is 0.364. The molecule has 1 aliphatic rings. The summed E-state index contributed by atoms with van der Waals surface area (Å²) in [5.74, 6) is 0.691. The Bertz CT molecular complexity index is 306. The van der Waals surface area contributed by atoms with Crippen LogP contribution in [0.4, 0.5) is 0 Å². The Kier molecular flexibility index (Phi) is 3.12. The Morgan fingerprint density at radius 2 is 2.07 bits per heavy atom. The number of aryl methyl sites for hydroxylation is 1. The number of halogens is 1. The summed E-state index contributed by atoms with van der Waals surface area (Å²) in [7, 11) is 0. The van der Waals surface area contributed by atoms with Crippen LogP contribution in [0.1, 0.15) is 30.9 Å². The van der Waals surface area contributed by atoms with E-state index in [9.17, 15) is 0 Å². The molecule has 0 fully saturated rings. The lowest BCUT2D eigenvalue weighted by Crippen LogP contribution is -2.22. The molecule has 0 spiro atoms. The van der Waals surface area contributed by atoms with Gasteiger partial charge in [-0.3, -0.25) is 0 Å². The fraction of sp³-hybridized carbons (Fsp3) is 0.538. The van der Waals surface area contributed by atoms with E-state index in [-0.39, 0.29) is 0 Å². The van der Waals surface area contributed by atoms with Crippen molar-refractivity contribution in [3.63, 3.8) is 0 Å². The van der Waals surface area contributed by atoms with Crippen LogP contribution >= 0.6 is 11.6 Å². The molecule has 0 bridgehead atoms. The van der Waals surface area contributed by atoms with Crippen molar-refractivity contribution in [2.24, 2.45) is 5.92 Å². The van der Waals surface area contributed by atoms with Crippen molar-refractivity contribution in [1.82, 2.24) is 0 Å². The van der Waals surface area contributed by atoms with E-state index >= 15 is 0 Å². The van der Waals surface area contributed by atoms with Crippen molar-refractivity contribution >= 4 is 11.6 Å². The highest BCUT2D eigenvalue weighted by Gasteiger charge is 2.23. The van der Waals surface area contributed by atoms with Crippen LogP contribution in [0, 0.1) is 5.92 Å². The molecular weight excluding hydrogens is 192 g/mol. The highest BCUT2D eigenvalue weighted by Crippen LogP contribution is 2.30. The fourth-order valence-corrected chi connectivity index (χ4v) is 2.58. The lowest BCUT2D eigenvalue weighted by atomic mass is 9.81. The standard InChI is InChI=1S/C13H17Cl/c1-2-13(14)12-8-7-10-5-3-4-6-11(10)9-12/h3-6,12-13H,2,7-9H2,1H3. The molecule has 1 aliphatic carbocycles. The van der Waals surface area contributed by atoms with Crippen molar-refractivity contribution in [1.29, 1.82) is 0 Å². The van der Waals surface area contributed by atoms with Gasteiger partial charge in [0.25, 0.3) is 0 Å². The predicted octanol–water partition coefficient (Wildman–Crippen LogP) is 3.81. The average Bonchev–Trinajstić information content (AvgIpc) is 2.27. The maximum absolute atomic E-state index is 6.31. The van der Waals surface area contributed by atoms with Crippen LogP contribution in [0.25, 0.3) is 0 Å². The fourth-order valence-electron chi connectivity index (χ4n) is 2.37. The molecule has 0 radical (unpaired) electrons.